The van der Waals surface area contributed by atoms with Crippen molar-refractivity contribution in [1.29, 1.82) is 0 Å². The summed E-state index contributed by atoms with van der Waals surface area (Å²) in [5, 5.41) is 0.567. The van der Waals surface area contributed by atoms with Gasteiger partial charge in [-0.25, -0.2) is 4.98 Å². The largest absolute Gasteiger partial charge is 0.416 e. The van der Waals surface area contributed by atoms with Gasteiger partial charge in [-0.15, -0.1) is 0 Å². The summed E-state index contributed by atoms with van der Waals surface area (Å²) in [5.74, 6) is 0.317. The molecule has 2 rings (SSSR count). The van der Waals surface area contributed by atoms with Gasteiger partial charge in [0.2, 0.25) is 0 Å². The van der Waals surface area contributed by atoms with Crippen molar-refractivity contribution in [2.45, 2.75) is 52.0 Å². The molecule has 0 N–H and O–H groups in total. The molecule has 0 aliphatic rings. The molecule has 0 fully saturated rings. The fourth-order valence-electron chi connectivity index (χ4n) is 2.20. The molecule has 0 radical (unpaired) electrons. The maximum Gasteiger partial charge on any atom is 0.416 e. The lowest BCUT2D eigenvalue weighted by Gasteiger charge is -2.17. The number of rotatable bonds is 4. The monoisotopic (exact) mass is 358 g/mol. The predicted octanol–water partition coefficient (Wildman–Crippen LogP) is 5.34. The third kappa shape index (κ3) is 3.94. The van der Waals surface area contributed by atoms with Crippen LogP contribution in [0.1, 0.15) is 46.2 Å². The van der Waals surface area contributed by atoms with E-state index in [1.165, 1.54) is 17.8 Å². The Bertz CT molecular complexity index is 758. The molecule has 7 heteroatoms. The molecular formula is C17H21F3N2OS. The number of aromatic nitrogens is 2. The molecule has 0 saturated heterocycles. The fourth-order valence-corrected chi connectivity index (χ4v) is 3.50. The van der Waals surface area contributed by atoms with Crippen LogP contribution in [0.15, 0.2) is 23.4 Å². The second-order valence-electron chi connectivity index (χ2n) is 7.02. The number of alkyl halides is 3. The van der Waals surface area contributed by atoms with E-state index in [4.69, 9.17) is 0 Å². The Morgan fingerprint density at radius 1 is 1.25 bits per heavy atom. The molecule has 0 aliphatic carbocycles. The number of carbonyl (C=O) groups is 1. The molecule has 0 amide bonds. The third-order valence-corrected chi connectivity index (χ3v) is 4.62. The number of halogens is 3. The van der Waals surface area contributed by atoms with Crippen LogP contribution in [0.3, 0.4) is 0 Å². The molecule has 0 unspecified atom stereocenters. The standard InChI is InChI=1S/C17H21F3N2OS/c1-10(2)22-13-7-6-11(17(18,19)20)8-12(13)21-15(22)24-9-14(23)16(3,4)5/h6-8,10H,9H2,1-5H3. The fraction of sp³-hybridized carbons (Fsp3) is 0.529. The zero-order chi connectivity index (χ0) is 18.3. The molecule has 24 heavy (non-hydrogen) atoms. The number of carbonyl (C=O) groups excluding carboxylic acids is 1. The number of ketones is 1. The third-order valence-electron chi connectivity index (χ3n) is 3.67. The van der Waals surface area contributed by atoms with Crippen molar-refractivity contribution in [3.05, 3.63) is 23.8 Å². The van der Waals surface area contributed by atoms with Crippen LogP contribution in [0.5, 0.6) is 0 Å². The van der Waals surface area contributed by atoms with Gasteiger partial charge in [-0.05, 0) is 32.0 Å². The predicted molar refractivity (Wildman–Crippen MR) is 90.3 cm³/mol. The average molecular weight is 358 g/mol. The van der Waals surface area contributed by atoms with Gasteiger partial charge in [0.25, 0.3) is 0 Å². The first-order valence-electron chi connectivity index (χ1n) is 7.66. The van der Waals surface area contributed by atoms with Crippen LogP contribution in [-0.4, -0.2) is 21.1 Å². The molecule has 3 nitrogen and oxygen atoms in total. The smallest absolute Gasteiger partial charge is 0.316 e. The van der Waals surface area contributed by atoms with E-state index >= 15 is 0 Å². The summed E-state index contributed by atoms with van der Waals surface area (Å²) in [6.45, 7) is 9.41. The zero-order valence-corrected chi connectivity index (χ0v) is 15.2. The van der Waals surface area contributed by atoms with Crippen LogP contribution in [0.4, 0.5) is 13.2 Å². The molecule has 0 spiro atoms. The van der Waals surface area contributed by atoms with E-state index in [0.29, 0.717) is 16.2 Å². The zero-order valence-electron chi connectivity index (χ0n) is 14.4. The van der Waals surface area contributed by atoms with Crippen LogP contribution in [0.25, 0.3) is 11.0 Å². The number of thioether (sulfide) groups is 1. The summed E-state index contributed by atoms with van der Waals surface area (Å²) in [7, 11) is 0. The van der Waals surface area contributed by atoms with Gasteiger partial charge < -0.3 is 4.57 Å². The molecule has 0 aliphatic heterocycles. The Balaban J connectivity index is 2.42. The summed E-state index contributed by atoms with van der Waals surface area (Å²) in [6.07, 6.45) is -4.40. The van der Waals surface area contributed by atoms with Crippen LogP contribution in [0, 0.1) is 5.41 Å². The lowest BCUT2D eigenvalue weighted by Crippen LogP contribution is -2.22. The topological polar surface area (TPSA) is 34.9 Å². The lowest BCUT2D eigenvalue weighted by atomic mass is 9.92. The summed E-state index contributed by atoms with van der Waals surface area (Å²) in [5.41, 5.74) is -0.232. The van der Waals surface area contributed by atoms with Crippen molar-refractivity contribution in [1.82, 2.24) is 9.55 Å². The minimum Gasteiger partial charge on any atom is -0.316 e. The molecule has 1 aromatic carbocycles. The van der Waals surface area contributed by atoms with Crippen molar-refractivity contribution in [3.63, 3.8) is 0 Å². The van der Waals surface area contributed by atoms with E-state index < -0.39 is 17.2 Å². The lowest BCUT2D eigenvalue weighted by molar-refractivity contribution is -0.137. The molecule has 2 aromatic rings. The van der Waals surface area contributed by atoms with E-state index in [2.05, 4.69) is 4.98 Å². The Morgan fingerprint density at radius 2 is 1.88 bits per heavy atom. The minimum atomic E-state index is -4.40. The van der Waals surface area contributed by atoms with Crippen LogP contribution in [0.2, 0.25) is 0 Å². The molecule has 0 saturated carbocycles. The summed E-state index contributed by atoms with van der Waals surface area (Å²) in [6, 6.07) is 3.60. The second-order valence-corrected chi connectivity index (χ2v) is 7.96. The number of Topliss-reactive ketones (excluding diaryl/α,β-unsaturated/α-hetero) is 1. The highest BCUT2D eigenvalue weighted by molar-refractivity contribution is 7.99. The molecule has 0 atom stereocenters. The maximum absolute atomic E-state index is 12.9. The van der Waals surface area contributed by atoms with Crippen LogP contribution in [-0.2, 0) is 11.0 Å². The maximum atomic E-state index is 12.9. The van der Waals surface area contributed by atoms with Crippen molar-refractivity contribution in [3.8, 4) is 0 Å². The van der Waals surface area contributed by atoms with E-state index in [1.54, 1.807) is 0 Å². The number of benzene rings is 1. The van der Waals surface area contributed by atoms with E-state index in [9.17, 15) is 18.0 Å². The highest BCUT2D eigenvalue weighted by Gasteiger charge is 2.31. The first kappa shape index (κ1) is 18.8. The Labute approximate surface area is 143 Å². The van der Waals surface area contributed by atoms with Crippen molar-refractivity contribution >= 4 is 28.6 Å². The number of fused-ring (bicyclic) bond motifs is 1. The van der Waals surface area contributed by atoms with Gasteiger partial charge in [-0.3, -0.25) is 4.79 Å². The molecular weight excluding hydrogens is 337 g/mol. The number of nitrogens with zero attached hydrogens (tertiary/aromatic N) is 2. The molecule has 1 aromatic heterocycles. The number of imidazole rings is 1. The summed E-state index contributed by atoms with van der Waals surface area (Å²) < 4.78 is 40.5. The van der Waals surface area contributed by atoms with Gasteiger partial charge >= 0.3 is 6.18 Å². The molecule has 132 valence electrons. The van der Waals surface area contributed by atoms with Crippen LogP contribution < -0.4 is 0 Å². The highest BCUT2D eigenvalue weighted by atomic mass is 32.2. The SMILES string of the molecule is CC(C)n1c(SCC(=O)C(C)(C)C)nc2cc(C(F)(F)F)ccc21. The molecule has 0 bridgehead atoms. The normalized spacial score (nSPS) is 13.0. The van der Waals surface area contributed by atoms with Gasteiger partial charge in [-0.2, -0.15) is 13.2 Å². The Kier molecular flexibility index (Phi) is 5.04. The van der Waals surface area contributed by atoms with Gasteiger partial charge in [0.15, 0.2) is 5.16 Å². The highest BCUT2D eigenvalue weighted by Crippen LogP contribution is 2.34. The summed E-state index contributed by atoms with van der Waals surface area (Å²) >= 11 is 1.27. The van der Waals surface area contributed by atoms with Gasteiger partial charge in [0.05, 0.1) is 22.3 Å². The van der Waals surface area contributed by atoms with Crippen molar-refractivity contribution < 1.29 is 18.0 Å². The number of hydrogen-bond donors (Lipinski definition) is 0. The first-order chi connectivity index (χ1) is 10.9. The van der Waals surface area contributed by atoms with E-state index in [1.807, 2.05) is 39.2 Å². The summed E-state index contributed by atoms with van der Waals surface area (Å²) in [4.78, 5) is 16.4. The van der Waals surface area contributed by atoms with Crippen molar-refractivity contribution in [2.24, 2.45) is 5.41 Å². The van der Waals surface area contributed by atoms with Gasteiger partial charge in [0.1, 0.15) is 5.78 Å². The van der Waals surface area contributed by atoms with Gasteiger partial charge in [-0.1, -0.05) is 32.5 Å². The van der Waals surface area contributed by atoms with Crippen molar-refractivity contribution in [2.75, 3.05) is 5.75 Å². The Morgan fingerprint density at radius 3 is 2.38 bits per heavy atom. The quantitative estimate of drug-likeness (QED) is 0.692. The second kappa shape index (κ2) is 6.43. The Hall–Kier alpha value is -1.50. The first-order valence-corrected chi connectivity index (χ1v) is 8.65. The molecule has 1 heterocycles. The van der Waals surface area contributed by atoms with Crippen LogP contribution >= 0.6 is 11.8 Å². The minimum absolute atomic E-state index is 0.0268. The van der Waals surface area contributed by atoms with E-state index in [0.717, 1.165) is 12.1 Å². The van der Waals surface area contributed by atoms with Gasteiger partial charge in [0, 0.05) is 11.5 Å². The number of hydrogen-bond acceptors (Lipinski definition) is 3. The van der Waals surface area contributed by atoms with E-state index in [-0.39, 0.29) is 17.6 Å². The average Bonchev–Trinajstić information content (AvgIpc) is 2.79.